The zero-order chi connectivity index (χ0) is 20.8. The number of carbonyl (C=O) groups is 1. The lowest BCUT2D eigenvalue weighted by atomic mass is 10.1. The molecule has 8 nitrogen and oxygen atoms in total. The Balaban J connectivity index is 1.35. The fraction of sp³-hybridized carbons (Fsp3) is 0.0952. The molecule has 2 aromatic carbocycles. The minimum atomic E-state index is -0.279. The molecule has 0 aliphatic heterocycles. The summed E-state index contributed by atoms with van der Waals surface area (Å²) in [7, 11) is 1.65. The van der Waals surface area contributed by atoms with E-state index in [1.807, 2.05) is 53.9 Å². The van der Waals surface area contributed by atoms with Gasteiger partial charge >= 0.3 is 6.03 Å². The molecule has 2 aromatic heterocycles. The summed E-state index contributed by atoms with van der Waals surface area (Å²) in [4.78, 5) is 16.6. The van der Waals surface area contributed by atoms with Crippen LogP contribution in [0.2, 0.25) is 0 Å². The van der Waals surface area contributed by atoms with Gasteiger partial charge in [0.15, 0.2) is 5.13 Å². The van der Waals surface area contributed by atoms with Gasteiger partial charge < -0.3 is 20.7 Å². The molecule has 4 aromatic rings. The van der Waals surface area contributed by atoms with Crippen LogP contribution in [0, 0.1) is 0 Å². The number of benzene rings is 2. The number of nitrogens with zero attached hydrogens (tertiary/aromatic N) is 2. The number of methoxy groups -OCH3 is 1. The molecule has 0 radical (unpaired) electrons. The molecule has 2 heterocycles. The van der Waals surface area contributed by atoms with E-state index in [0.717, 1.165) is 33.4 Å². The van der Waals surface area contributed by atoms with Crippen LogP contribution in [0.3, 0.4) is 0 Å². The van der Waals surface area contributed by atoms with Crippen molar-refractivity contribution in [2.24, 2.45) is 0 Å². The van der Waals surface area contributed by atoms with Crippen molar-refractivity contribution in [1.82, 2.24) is 20.5 Å². The van der Waals surface area contributed by atoms with Gasteiger partial charge in [0.1, 0.15) is 5.75 Å². The van der Waals surface area contributed by atoms with E-state index in [1.165, 1.54) is 11.3 Å². The van der Waals surface area contributed by atoms with Gasteiger partial charge in [-0.2, -0.15) is 5.10 Å². The average molecular weight is 420 g/mol. The standard InChI is InChI=1S/C21H20N6O2S/c1-29-19-5-3-2-4-17(19)18-13-30-21(27-18)26-16-8-6-15(7-9-16)25-20(28)22-10-14-11-23-24-12-14/h2-9,11-13H,10H2,1H3,(H,23,24)(H,26,27)(H2,22,25,28). The van der Waals surface area contributed by atoms with Crippen molar-refractivity contribution < 1.29 is 9.53 Å². The number of H-pyrrole nitrogens is 1. The summed E-state index contributed by atoms with van der Waals surface area (Å²) in [5.41, 5.74) is 4.28. The van der Waals surface area contributed by atoms with Crippen LogP contribution >= 0.6 is 11.3 Å². The van der Waals surface area contributed by atoms with Crippen LogP contribution in [0.4, 0.5) is 21.3 Å². The van der Waals surface area contributed by atoms with Crippen molar-refractivity contribution >= 4 is 33.9 Å². The zero-order valence-electron chi connectivity index (χ0n) is 16.2. The van der Waals surface area contributed by atoms with E-state index >= 15 is 0 Å². The number of hydrogen-bond acceptors (Lipinski definition) is 6. The fourth-order valence-electron chi connectivity index (χ4n) is 2.80. The molecule has 0 bridgehead atoms. The Morgan fingerprint density at radius 3 is 2.70 bits per heavy atom. The molecule has 9 heteroatoms. The molecule has 152 valence electrons. The van der Waals surface area contributed by atoms with E-state index in [4.69, 9.17) is 4.74 Å². The molecular formula is C21H20N6O2S. The van der Waals surface area contributed by atoms with Gasteiger partial charge in [-0.15, -0.1) is 11.3 Å². The number of aromatic nitrogens is 3. The highest BCUT2D eigenvalue weighted by molar-refractivity contribution is 7.14. The molecule has 2 amide bonds. The Bertz CT molecular complexity index is 1110. The van der Waals surface area contributed by atoms with Gasteiger partial charge in [-0.3, -0.25) is 5.10 Å². The summed E-state index contributed by atoms with van der Waals surface area (Å²) in [6, 6.07) is 14.9. The molecular weight excluding hydrogens is 400 g/mol. The number of carbonyl (C=O) groups excluding carboxylic acids is 1. The number of ether oxygens (including phenoxy) is 1. The van der Waals surface area contributed by atoms with Crippen LogP contribution in [0.15, 0.2) is 66.3 Å². The third-order valence-corrected chi connectivity index (χ3v) is 5.05. The number of amides is 2. The summed E-state index contributed by atoms with van der Waals surface area (Å²) >= 11 is 1.51. The van der Waals surface area contributed by atoms with Gasteiger partial charge in [0.05, 0.1) is 19.0 Å². The Hall–Kier alpha value is -3.85. The fourth-order valence-corrected chi connectivity index (χ4v) is 3.53. The molecule has 30 heavy (non-hydrogen) atoms. The van der Waals surface area contributed by atoms with Crippen LogP contribution in [0.25, 0.3) is 11.3 Å². The second-order valence-electron chi connectivity index (χ2n) is 6.35. The Labute approximate surface area is 177 Å². The van der Waals surface area contributed by atoms with E-state index in [-0.39, 0.29) is 6.03 Å². The molecule has 4 rings (SSSR count). The highest BCUT2D eigenvalue weighted by Gasteiger charge is 2.10. The lowest BCUT2D eigenvalue weighted by Crippen LogP contribution is -2.27. The Morgan fingerprint density at radius 1 is 1.13 bits per heavy atom. The van der Waals surface area contributed by atoms with Crippen molar-refractivity contribution in [3.63, 3.8) is 0 Å². The van der Waals surface area contributed by atoms with E-state index in [0.29, 0.717) is 12.2 Å². The second kappa shape index (κ2) is 9.10. The first-order valence-corrected chi connectivity index (χ1v) is 10.1. The largest absolute Gasteiger partial charge is 0.496 e. The van der Waals surface area contributed by atoms with Gasteiger partial charge in [0.25, 0.3) is 0 Å². The number of thiazole rings is 1. The maximum absolute atomic E-state index is 12.0. The molecule has 4 N–H and O–H groups in total. The number of para-hydroxylation sites is 1. The maximum atomic E-state index is 12.0. The highest BCUT2D eigenvalue weighted by atomic mass is 32.1. The monoisotopic (exact) mass is 420 g/mol. The van der Waals surface area contributed by atoms with Crippen molar-refractivity contribution in [2.45, 2.75) is 6.54 Å². The van der Waals surface area contributed by atoms with Crippen molar-refractivity contribution in [3.05, 3.63) is 71.9 Å². The quantitative estimate of drug-likeness (QED) is 0.350. The van der Waals surface area contributed by atoms with Crippen LogP contribution in [-0.4, -0.2) is 28.3 Å². The van der Waals surface area contributed by atoms with E-state index in [2.05, 4.69) is 31.1 Å². The lowest BCUT2D eigenvalue weighted by molar-refractivity contribution is 0.251. The lowest BCUT2D eigenvalue weighted by Gasteiger charge is -2.08. The SMILES string of the molecule is COc1ccccc1-c1csc(Nc2ccc(NC(=O)NCc3cn[nH]c3)cc2)n1. The first-order chi connectivity index (χ1) is 14.7. The van der Waals surface area contributed by atoms with Gasteiger partial charge in [-0.1, -0.05) is 12.1 Å². The topological polar surface area (TPSA) is 104 Å². The normalized spacial score (nSPS) is 10.4. The molecule has 0 saturated carbocycles. The molecule has 0 aliphatic rings. The molecule has 0 aliphatic carbocycles. The predicted molar refractivity (Wildman–Crippen MR) is 118 cm³/mol. The Morgan fingerprint density at radius 2 is 1.93 bits per heavy atom. The third kappa shape index (κ3) is 4.76. The molecule has 0 unspecified atom stereocenters. The molecule has 0 spiro atoms. The minimum Gasteiger partial charge on any atom is -0.496 e. The Kier molecular flexibility index (Phi) is 5.90. The van der Waals surface area contributed by atoms with Gasteiger partial charge in [-0.25, -0.2) is 9.78 Å². The van der Waals surface area contributed by atoms with E-state index < -0.39 is 0 Å². The van der Waals surface area contributed by atoms with Gasteiger partial charge in [-0.05, 0) is 36.4 Å². The number of rotatable bonds is 7. The highest BCUT2D eigenvalue weighted by Crippen LogP contribution is 2.32. The minimum absolute atomic E-state index is 0.279. The number of anilines is 3. The summed E-state index contributed by atoms with van der Waals surface area (Å²) in [6.07, 6.45) is 3.40. The summed E-state index contributed by atoms with van der Waals surface area (Å²) in [5, 5.41) is 18.2. The van der Waals surface area contributed by atoms with Crippen molar-refractivity contribution in [3.8, 4) is 17.0 Å². The van der Waals surface area contributed by atoms with Gasteiger partial charge in [0.2, 0.25) is 0 Å². The third-order valence-electron chi connectivity index (χ3n) is 4.29. The molecule has 0 fully saturated rings. The van der Waals surface area contributed by atoms with Crippen LogP contribution < -0.4 is 20.7 Å². The average Bonchev–Trinajstić information content (AvgIpc) is 3.46. The van der Waals surface area contributed by atoms with Gasteiger partial charge in [0, 0.05) is 40.6 Å². The van der Waals surface area contributed by atoms with E-state index in [9.17, 15) is 4.79 Å². The maximum Gasteiger partial charge on any atom is 0.319 e. The summed E-state index contributed by atoms with van der Waals surface area (Å²) < 4.78 is 5.41. The number of aromatic amines is 1. The first kappa shape index (κ1) is 19.5. The van der Waals surface area contributed by atoms with Crippen LogP contribution in [0.5, 0.6) is 5.75 Å². The molecule has 0 saturated heterocycles. The second-order valence-corrected chi connectivity index (χ2v) is 7.21. The number of nitrogens with one attached hydrogen (secondary N) is 4. The zero-order valence-corrected chi connectivity index (χ0v) is 17.0. The number of urea groups is 1. The smallest absolute Gasteiger partial charge is 0.319 e. The summed E-state index contributed by atoms with van der Waals surface area (Å²) in [6.45, 7) is 0.403. The first-order valence-electron chi connectivity index (χ1n) is 9.20. The van der Waals surface area contributed by atoms with Crippen LogP contribution in [0.1, 0.15) is 5.56 Å². The molecule has 0 atom stereocenters. The van der Waals surface area contributed by atoms with Crippen molar-refractivity contribution in [2.75, 3.05) is 17.7 Å². The van der Waals surface area contributed by atoms with E-state index in [1.54, 1.807) is 19.5 Å². The van der Waals surface area contributed by atoms with Crippen LogP contribution in [-0.2, 0) is 6.54 Å². The number of hydrogen-bond donors (Lipinski definition) is 4. The van der Waals surface area contributed by atoms with Crippen molar-refractivity contribution in [1.29, 1.82) is 0 Å². The summed E-state index contributed by atoms with van der Waals surface area (Å²) in [5.74, 6) is 0.788. The predicted octanol–water partition coefficient (Wildman–Crippen LogP) is 4.61.